The molecular weight excluding hydrogens is 277 g/mol. The van der Waals surface area contributed by atoms with E-state index in [1.807, 2.05) is 31.4 Å². The molecule has 108 valence electrons. The number of hydrogen-bond donors (Lipinski definition) is 2. The van der Waals surface area contributed by atoms with Crippen molar-refractivity contribution in [2.24, 2.45) is 5.73 Å². The molecule has 0 saturated heterocycles. The zero-order chi connectivity index (χ0) is 14.9. The monoisotopic (exact) mass is 294 g/mol. The molecule has 0 fully saturated rings. The number of carbonyl (C=O) groups excluding carboxylic acids is 1. The van der Waals surface area contributed by atoms with Gasteiger partial charge in [0.05, 0.1) is 0 Å². The number of halogens is 3. The SMILES string of the molecule is CC(C)(CNC(=O)C(C)(N)C(F)(F)F)c1cccs1. The Morgan fingerprint density at radius 2 is 1.95 bits per heavy atom. The van der Waals surface area contributed by atoms with E-state index in [1.54, 1.807) is 0 Å². The van der Waals surface area contributed by atoms with Crippen LogP contribution in [0.25, 0.3) is 0 Å². The second kappa shape index (κ2) is 5.13. The van der Waals surface area contributed by atoms with Gasteiger partial charge in [-0.25, -0.2) is 0 Å². The third-order valence-corrected chi connectivity index (χ3v) is 4.18. The number of alkyl halides is 3. The van der Waals surface area contributed by atoms with E-state index in [2.05, 4.69) is 5.32 Å². The van der Waals surface area contributed by atoms with Crippen LogP contribution in [0.5, 0.6) is 0 Å². The Morgan fingerprint density at radius 3 is 2.37 bits per heavy atom. The van der Waals surface area contributed by atoms with Crippen LogP contribution in [-0.2, 0) is 10.2 Å². The van der Waals surface area contributed by atoms with Crippen LogP contribution in [0.4, 0.5) is 13.2 Å². The second-order valence-corrected chi connectivity index (χ2v) is 6.19. The molecule has 1 atom stereocenters. The van der Waals surface area contributed by atoms with Crippen molar-refractivity contribution in [3.05, 3.63) is 22.4 Å². The van der Waals surface area contributed by atoms with Gasteiger partial charge in [0.1, 0.15) is 0 Å². The molecule has 1 unspecified atom stereocenters. The van der Waals surface area contributed by atoms with Crippen molar-refractivity contribution in [1.29, 1.82) is 0 Å². The van der Waals surface area contributed by atoms with Gasteiger partial charge in [0.2, 0.25) is 5.91 Å². The standard InChI is InChI=1S/C12H17F3N2OS/c1-10(2,8-5-4-6-19-8)7-17-9(18)11(3,16)12(13,14)15/h4-6H,7,16H2,1-3H3,(H,17,18). The lowest BCUT2D eigenvalue weighted by Crippen LogP contribution is -2.62. The predicted molar refractivity (Wildman–Crippen MR) is 69.0 cm³/mol. The normalized spacial score (nSPS) is 15.9. The van der Waals surface area contributed by atoms with Crippen molar-refractivity contribution in [2.75, 3.05) is 6.54 Å². The number of hydrogen-bond acceptors (Lipinski definition) is 3. The summed E-state index contributed by atoms with van der Waals surface area (Å²) in [6, 6.07) is 3.73. The Morgan fingerprint density at radius 1 is 1.37 bits per heavy atom. The fourth-order valence-electron chi connectivity index (χ4n) is 1.36. The molecule has 0 aliphatic carbocycles. The van der Waals surface area contributed by atoms with Crippen LogP contribution in [0, 0.1) is 0 Å². The average molecular weight is 294 g/mol. The van der Waals surface area contributed by atoms with Gasteiger partial charge in [-0.2, -0.15) is 13.2 Å². The minimum atomic E-state index is -4.77. The van der Waals surface area contributed by atoms with Gasteiger partial charge in [-0.15, -0.1) is 11.3 Å². The van der Waals surface area contributed by atoms with Gasteiger partial charge in [0, 0.05) is 16.8 Å². The van der Waals surface area contributed by atoms with Gasteiger partial charge in [0.25, 0.3) is 0 Å². The maximum absolute atomic E-state index is 12.6. The lowest BCUT2D eigenvalue weighted by atomic mass is 9.91. The summed E-state index contributed by atoms with van der Waals surface area (Å²) in [6.45, 7) is 4.46. The van der Waals surface area contributed by atoms with E-state index in [1.165, 1.54) is 11.3 Å². The molecule has 1 heterocycles. The van der Waals surface area contributed by atoms with Crippen LogP contribution >= 0.6 is 11.3 Å². The van der Waals surface area contributed by atoms with Crippen LogP contribution in [0.1, 0.15) is 25.6 Å². The van der Waals surface area contributed by atoms with Crippen LogP contribution in [0.15, 0.2) is 17.5 Å². The highest BCUT2D eigenvalue weighted by Crippen LogP contribution is 2.29. The van der Waals surface area contributed by atoms with Crippen LogP contribution in [-0.4, -0.2) is 24.2 Å². The van der Waals surface area contributed by atoms with Crippen molar-refractivity contribution < 1.29 is 18.0 Å². The van der Waals surface area contributed by atoms with Crippen molar-refractivity contribution in [2.45, 2.75) is 37.9 Å². The highest BCUT2D eigenvalue weighted by Gasteiger charge is 2.54. The molecule has 0 bridgehead atoms. The van der Waals surface area contributed by atoms with Gasteiger partial charge in [0.15, 0.2) is 5.54 Å². The summed E-state index contributed by atoms with van der Waals surface area (Å²) in [5, 5.41) is 4.16. The maximum Gasteiger partial charge on any atom is 0.415 e. The van der Waals surface area contributed by atoms with Gasteiger partial charge in [-0.05, 0) is 18.4 Å². The summed E-state index contributed by atoms with van der Waals surface area (Å²) in [5.41, 5.74) is 1.74. The first-order valence-corrected chi connectivity index (χ1v) is 6.54. The lowest BCUT2D eigenvalue weighted by Gasteiger charge is -2.29. The van der Waals surface area contributed by atoms with Crippen molar-refractivity contribution >= 4 is 17.2 Å². The van der Waals surface area contributed by atoms with Crippen molar-refractivity contribution in [3.8, 4) is 0 Å². The Labute approximate surface area is 114 Å². The molecule has 1 aromatic rings. The number of nitrogens with two attached hydrogens (primary N) is 1. The minimum absolute atomic E-state index is 0.0925. The van der Waals surface area contributed by atoms with E-state index in [9.17, 15) is 18.0 Å². The molecule has 3 nitrogen and oxygen atoms in total. The van der Waals surface area contributed by atoms with Gasteiger partial charge < -0.3 is 11.1 Å². The Kier molecular flexibility index (Phi) is 4.31. The first-order chi connectivity index (χ1) is 8.48. The molecule has 0 aromatic carbocycles. The molecule has 0 radical (unpaired) electrons. The largest absolute Gasteiger partial charge is 0.415 e. The maximum atomic E-state index is 12.6. The van der Waals surface area contributed by atoms with Crippen molar-refractivity contribution in [1.82, 2.24) is 5.32 Å². The Bertz CT molecular complexity index is 438. The van der Waals surface area contributed by atoms with E-state index in [0.29, 0.717) is 6.92 Å². The molecule has 0 aliphatic heterocycles. The molecular formula is C12H17F3N2OS. The number of amides is 1. The van der Waals surface area contributed by atoms with E-state index >= 15 is 0 Å². The fraction of sp³-hybridized carbons (Fsp3) is 0.583. The highest BCUT2D eigenvalue weighted by molar-refractivity contribution is 7.10. The zero-order valence-corrected chi connectivity index (χ0v) is 11.8. The van der Waals surface area contributed by atoms with Gasteiger partial charge in [-0.3, -0.25) is 4.79 Å². The summed E-state index contributed by atoms with van der Waals surface area (Å²) in [4.78, 5) is 12.6. The fourth-order valence-corrected chi connectivity index (χ4v) is 2.22. The van der Waals surface area contributed by atoms with E-state index in [0.717, 1.165) is 4.88 Å². The quantitative estimate of drug-likeness (QED) is 0.896. The van der Waals surface area contributed by atoms with E-state index in [4.69, 9.17) is 5.73 Å². The Hall–Kier alpha value is -1.08. The molecule has 19 heavy (non-hydrogen) atoms. The molecule has 3 N–H and O–H groups in total. The van der Waals surface area contributed by atoms with Crippen LogP contribution < -0.4 is 11.1 Å². The molecule has 7 heteroatoms. The average Bonchev–Trinajstić information content (AvgIpc) is 2.78. The van der Waals surface area contributed by atoms with Gasteiger partial charge >= 0.3 is 6.18 Å². The number of thiophene rings is 1. The van der Waals surface area contributed by atoms with E-state index in [-0.39, 0.29) is 6.54 Å². The number of rotatable bonds is 4. The first-order valence-electron chi connectivity index (χ1n) is 5.66. The summed E-state index contributed by atoms with van der Waals surface area (Å²) < 4.78 is 37.8. The highest BCUT2D eigenvalue weighted by atomic mass is 32.1. The number of carbonyl (C=O) groups is 1. The van der Waals surface area contributed by atoms with Crippen LogP contribution in [0.2, 0.25) is 0 Å². The Balaban J connectivity index is 2.70. The number of nitrogens with one attached hydrogen (secondary N) is 1. The molecule has 1 aromatic heterocycles. The van der Waals surface area contributed by atoms with Gasteiger partial charge in [-0.1, -0.05) is 19.9 Å². The minimum Gasteiger partial charge on any atom is -0.353 e. The molecule has 1 amide bonds. The molecule has 0 saturated carbocycles. The van der Waals surface area contributed by atoms with Crippen molar-refractivity contribution in [3.63, 3.8) is 0 Å². The predicted octanol–water partition coefficient (Wildman–Crippen LogP) is 2.42. The molecule has 1 rings (SSSR count). The summed E-state index contributed by atoms with van der Waals surface area (Å²) in [6.07, 6.45) is -4.77. The molecule has 0 spiro atoms. The summed E-state index contributed by atoms with van der Waals surface area (Å²) >= 11 is 1.49. The zero-order valence-electron chi connectivity index (χ0n) is 11.0. The lowest BCUT2D eigenvalue weighted by molar-refractivity contribution is -0.187. The third kappa shape index (κ3) is 3.48. The topological polar surface area (TPSA) is 55.1 Å². The second-order valence-electron chi connectivity index (χ2n) is 5.24. The third-order valence-electron chi connectivity index (χ3n) is 2.94. The first kappa shape index (κ1) is 16.0. The summed E-state index contributed by atoms with van der Waals surface area (Å²) in [7, 11) is 0. The van der Waals surface area contributed by atoms with E-state index < -0.39 is 23.0 Å². The summed E-state index contributed by atoms with van der Waals surface area (Å²) in [5.74, 6) is -1.22. The van der Waals surface area contributed by atoms with Crippen LogP contribution in [0.3, 0.4) is 0 Å². The smallest absolute Gasteiger partial charge is 0.353 e. The molecule has 0 aliphatic rings.